The lowest BCUT2D eigenvalue weighted by Crippen LogP contribution is -2.76. The zero-order valence-corrected chi connectivity index (χ0v) is 29.5. The zero-order valence-electron chi connectivity index (χ0n) is 28.6. The first-order valence-corrected chi connectivity index (χ1v) is 20.0. The van der Waals surface area contributed by atoms with Crippen molar-refractivity contribution in [2.75, 3.05) is 24.6 Å². The van der Waals surface area contributed by atoms with Crippen molar-refractivity contribution < 1.29 is 22.0 Å². The molecule has 0 aliphatic rings. The van der Waals surface area contributed by atoms with E-state index in [1.54, 1.807) is 116 Å². The van der Waals surface area contributed by atoms with Crippen molar-refractivity contribution in [1.29, 1.82) is 0 Å². The summed E-state index contributed by atoms with van der Waals surface area (Å²) in [5.41, 5.74) is 0.435. The predicted octanol–water partition coefficient (Wildman–Crippen LogP) is 9.96. The average Bonchev–Trinajstić information content (AvgIpc) is 3.12. The Morgan fingerprint density at radius 2 is 0.660 bits per heavy atom. The third-order valence-electron chi connectivity index (χ3n) is 9.52. The van der Waals surface area contributed by atoms with Crippen molar-refractivity contribution in [3.63, 3.8) is 0 Å². The quantitative estimate of drug-likeness (QED) is 0.0367. The van der Waals surface area contributed by atoms with Crippen LogP contribution in [-0.4, -0.2) is 30.8 Å². The molecule has 0 radical (unpaired) electrons. The van der Waals surface area contributed by atoms with E-state index < -0.39 is 48.0 Å². The smallest absolute Gasteiger partial charge is 0.200 e. The molecule has 0 saturated carbocycles. The van der Waals surface area contributed by atoms with Crippen LogP contribution in [0.3, 0.4) is 0 Å². The van der Waals surface area contributed by atoms with E-state index in [2.05, 4.69) is 27.7 Å². The summed E-state index contributed by atoms with van der Waals surface area (Å²) < 4.78 is 73.0. The summed E-state index contributed by atoms with van der Waals surface area (Å²) in [5, 5.41) is 0. The lowest BCUT2D eigenvalue weighted by atomic mass is 9.13. The van der Waals surface area contributed by atoms with Gasteiger partial charge in [-0.05, 0) is 25.7 Å². The molecule has 0 saturated heterocycles. The second kappa shape index (κ2) is 19.1. The van der Waals surface area contributed by atoms with Gasteiger partial charge in [0.2, 0.25) is 0 Å². The molecule has 254 valence electrons. The molecule has 4 aromatic rings. The van der Waals surface area contributed by atoms with Gasteiger partial charge in [-0.1, -0.05) is 144 Å². The highest BCUT2D eigenvalue weighted by molar-refractivity contribution is 7.75. The molecule has 0 unspecified atom stereocenters. The van der Waals surface area contributed by atoms with Crippen LogP contribution in [0.25, 0.3) is 0 Å². The summed E-state index contributed by atoms with van der Waals surface area (Å²) in [4.78, 5) is 0. The summed E-state index contributed by atoms with van der Waals surface area (Å²) >= 11 is 0. The van der Waals surface area contributed by atoms with Gasteiger partial charge in [0.15, 0.2) is 17.5 Å². The standard InChI is InChI=1S/C24H15BF5.C16H36P/c26-20-19(21(27)23(29)24(30)22(20)28)25(16-10-4-1-5-11-16,17-12-6-2-7-13-17)18-14-8-3-9-15-18;1-5-9-13-17(14-10-6-2,15-11-7-3)16-12-8-4/h1-15H;5-16H2,1-4H3/q-1;+1. The zero-order chi connectivity index (χ0) is 34.3. The van der Waals surface area contributed by atoms with Crippen LogP contribution >= 0.6 is 7.26 Å². The summed E-state index contributed by atoms with van der Waals surface area (Å²) in [6, 6.07) is 25.0. The van der Waals surface area contributed by atoms with Gasteiger partial charge in [0.25, 0.3) is 0 Å². The maximum absolute atomic E-state index is 15.2. The van der Waals surface area contributed by atoms with Gasteiger partial charge in [0, 0.05) is 7.26 Å². The van der Waals surface area contributed by atoms with Gasteiger partial charge in [0.1, 0.15) is 17.8 Å². The lowest BCUT2D eigenvalue weighted by Gasteiger charge is -2.44. The van der Waals surface area contributed by atoms with Gasteiger partial charge < -0.3 is 0 Å². The van der Waals surface area contributed by atoms with Crippen LogP contribution in [0.5, 0.6) is 0 Å². The molecule has 0 heterocycles. The average molecular weight is 669 g/mol. The first-order chi connectivity index (χ1) is 22.7. The Labute approximate surface area is 280 Å². The normalized spacial score (nSPS) is 11.7. The number of unbranched alkanes of at least 4 members (excludes halogenated alkanes) is 4. The Hall–Kier alpha value is -2.98. The van der Waals surface area contributed by atoms with Crippen LogP contribution in [0, 0.1) is 29.1 Å². The van der Waals surface area contributed by atoms with E-state index >= 15 is 8.78 Å². The predicted molar refractivity (Wildman–Crippen MR) is 196 cm³/mol. The highest BCUT2D eigenvalue weighted by Crippen LogP contribution is 2.61. The van der Waals surface area contributed by atoms with Gasteiger partial charge in [-0.3, -0.25) is 0 Å². The molecule has 0 N–H and O–H groups in total. The van der Waals surface area contributed by atoms with Crippen molar-refractivity contribution in [2.45, 2.75) is 79.1 Å². The van der Waals surface area contributed by atoms with Crippen LogP contribution < -0.4 is 21.9 Å². The number of hydrogen-bond acceptors (Lipinski definition) is 0. The van der Waals surface area contributed by atoms with Crippen molar-refractivity contribution >= 4 is 35.3 Å². The molecule has 47 heavy (non-hydrogen) atoms. The minimum atomic E-state index is -2.72. The van der Waals surface area contributed by atoms with E-state index in [4.69, 9.17) is 0 Å². The number of benzene rings is 4. The highest BCUT2D eigenvalue weighted by Gasteiger charge is 2.39. The minimum absolute atomic E-state index is 0.429. The maximum Gasteiger partial charge on any atom is 0.200 e. The van der Waals surface area contributed by atoms with Gasteiger partial charge in [-0.25, -0.2) is 22.0 Å². The highest BCUT2D eigenvalue weighted by atomic mass is 31.2. The Bertz CT molecular complexity index is 1320. The molecule has 4 rings (SSSR count). The summed E-state index contributed by atoms with van der Waals surface area (Å²) in [6.07, 6.45) is 15.2. The van der Waals surface area contributed by atoms with Crippen LogP contribution in [0.15, 0.2) is 91.0 Å². The van der Waals surface area contributed by atoms with Gasteiger partial charge >= 0.3 is 0 Å². The second-order valence-electron chi connectivity index (χ2n) is 12.7. The molecule has 0 aromatic heterocycles. The molecule has 0 aliphatic carbocycles. The van der Waals surface area contributed by atoms with Crippen molar-refractivity contribution in [2.24, 2.45) is 0 Å². The van der Waals surface area contributed by atoms with Crippen molar-refractivity contribution in [1.82, 2.24) is 0 Å². The Morgan fingerprint density at radius 1 is 0.404 bits per heavy atom. The Kier molecular flexibility index (Phi) is 15.7. The maximum atomic E-state index is 15.2. The van der Waals surface area contributed by atoms with Crippen LogP contribution in [0.2, 0.25) is 0 Å². The first-order valence-electron chi connectivity index (χ1n) is 17.4. The van der Waals surface area contributed by atoms with E-state index in [9.17, 15) is 13.2 Å². The van der Waals surface area contributed by atoms with Gasteiger partial charge in [-0.2, -0.15) is 16.4 Å². The molecule has 0 spiro atoms. The van der Waals surface area contributed by atoms with Crippen molar-refractivity contribution in [3.05, 3.63) is 120 Å². The number of hydrogen-bond donors (Lipinski definition) is 0. The van der Waals surface area contributed by atoms with Crippen LogP contribution in [0.4, 0.5) is 22.0 Å². The number of rotatable bonds is 16. The third kappa shape index (κ3) is 9.14. The van der Waals surface area contributed by atoms with Crippen molar-refractivity contribution in [3.8, 4) is 0 Å². The molecule has 0 fully saturated rings. The van der Waals surface area contributed by atoms with E-state index in [0.29, 0.717) is 16.4 Å². The minimum Gasteiger partial charge on any atom is -0.207 e. The molecule has 7 heteroatoms. The van der Waals surface area contributed by atoms with E-state index in [1.165, 1.54) is 51.4 Å². The van der Waals surface area contributed by atoms with Crippen LogP contribution in [0.1, 0.15) is 79.1 Å². The molecule has 4 aromatic carbocycles. The Balaban J connectivity index is 0.000000303. The van der Waals surface area contributed by atoms with Gasteiger partial charge in [0.05, 0.1) is 24.6 Å². The molecular formula is C40H51BF5P. The van der Waals surface area contributed by atoms with E-state index in [-0.39, 0.29) is 0 Å². The summed E-state index contributed by atoms with van der Waals surface area (Å²) in [7, 11) is -0.562. The van der Waals surface area contributed by atoms with Crippen LogP contribution in [-0.2, 0) is 0 Å². The molecular weight excluding hydrogens is 617 g/mol. The summed E-state index contributed by atoms with van der Waals surface area (Å²) in [5.74, 6) is -9.76. The number of halogens is 5. The first kappa shape index (κ1) is 38.5. The fourth-order valence-corrected chi connectivity index (χ4v) is 12.2. The molecule has 0 aliphatic heterocycles. The lowest BCUT2D eigenvalue weighted by molar-refractivity contribution is 0.384. The van der Waals surface area contributed by atoms with E-state index in [1.807, 2.05) is 0 Å². The fourth-order valence-electron chi connectivity index (χ4n) is 6.95. The monoisotopic (exact) mass is 668 g/mol. The molecule has 0 nitrogen and oxygen atoms in total. The molecule has 0 amide bonds. The SMILES string of the molecule is CCCC[P+](CCCC)(CCCC)CCCC.Fc1c(F)c(F)c([B-](c2ccccc2)(c2ccccc2)c2ccccc2)c(F)c1F. The second-order valence-corrected chi connectivity index (χ2v) is 17.2. The fraction of sp³-hybridized carbons (Fsp3) is 0.400. The Morgan fingerprint density at radius 3 is 0.915 bits per heavy atom. The third-order valence-corrected chi connectivity index (χ3v) is 14.6. The largest absolute Gasteiger partial charge is 0.207 e. The van der Waals surface area contributed by atoms with Gasteiger partial charge in [-0.15, -0.1) is 5.46 Å². The molecule has 0 bridgehead atoms. The molecule has 0 atom stereocenters. The van der Waals surface area contributed by atoms with E-state index in [0.717, 1.165) is 0 Å². The topological polar surface area (TPSA) is 0 Å². The summed E-state index contributed by atoms with van der Waals surface area (Å²) in [6.45, 7) is 9.42.